The van der Waals surface area contributed by atoms with Crippen LogP contribution in [0.15, 0.2) is 0 Å². The molecule has 2 N–H and O–H groups in total. The van der Waals surface area contributed by atoms with Crippen molar-refractivity contribution in [3.05, 3.63) is 0 Å². The third-order valence-electron chi connectivity index (χ3n) is 3.21. The molecule has 0 saturated carbocycles. The molecule has 1 atom stereocenters. The lowest BCUT2D eigenvalue weighted by Crippen LogP contribution is -2.39. The van der Waals surface area contributed by atoms with E-state index in [0.717, 1.165) is 13.1 Å². The first kappa shape index (κ1) is 20.6. The molecule has 1 unspecified atom stereocenters. The lowest BCUT2D eigenvalue weighted by atomic mass is 9.96. The first-order chi connectivity index (χ1) is 9.76. The van der Waals surface area contributed by atoms with E-state index in [1.165, 1.54) is 18.6 Å². The molecule has 0 saturated heterocycles. The number of ether oxygens (including phenoxy) is 1. The van der Waals surface area contributed by atoms with Gasteiger partial charge in [-0.3, -0.25) is 0 Å². The van der Waals surface area contributed by atoms with Gasteiger partial charge in [-0.1, -0.05) is 13.8 Å². The van der Waals surface area contributed by atoms with Crippen LogP contribution < -0.4 is 10.6 Å². The van der Waals surface area contributed by atoms with Crippen molar-refractivity contribution in [2.24, 2.45) is 11.8 Å². The van der Waals surface area contributed by atoms with Crippen LogP contribution in [0.4, 0.5) is 4.79 Å². The van der Waals surface area contributed by atoms with Gasteiger partial charge in [0.1, 0.15) is 5.60 Å². The van der Waals surface area contributed by atoms with Crippen LogP contribution in [0.2, 0.25) is 0 Å². The number of hydrogen-bond donors (Lipinski definition) is 2. The number of amides is 1. The number of hydrogen-bond acceptors (Lipinski definition) is 4. The van der Waals surface area contributed by atoms with Crippen LogP contribution in [-0.4, -0.2) is 43.3 Å². The number of unbranched alkanes of at least 4 members (excludes halogenated alkanes) is 1. The average Bonchev–Trinajstić information content (AvgIpc) is 2.34. The zero-order valence-corrected chi connectivity index (χ0v) is 15.4. The molecule has 0 aromatic carbocycles. The van der Waals surface area contributed by atoms with Crippen molar-refractivity contribution >= 4 is 17.9 Å². The van der Waals surface area contributed by atoms with E-state index in [4.69, 9.17) is 4.74 Å². The first-order valence-electron chi connectivity index (χ1n) is 7.92. The molecule has 0 spiro atoms. The van der Waals surface area contributed by atoms with Gasteiger partial charge in [0.05, 0.1) is 0 Å². The second-order valence-corrected chi connectivity index (χ2v) is 7.78. The molecule has 0 aliphatic heterocycles. The van der Waals surface area contributed by atoms with Gasteiger partial charge in [-0.25, -0.2) is 4.79 Å². The van der Waals surface area contributed by atoms with Crippen LogP contribution in [0, 0.1) is 11.8 Å². The van der Waals surface area contributed by atoms with Crippen molar-refractivity contribution in [2.45, 2.75) is 53.1 Å². The molecule has 0 aliphatic rings. The largest absolute Gasteiger partial charge is 0.444 e. The lowest BCUT2D eigenvalue weighted by Gasteiger charge is -2.24. The summed E-state index contributed by atoms with van der Waals surface area (Å²) in [6.45, 7) is 12.7. The van der Waals surface area contributed by atoms with Crippen LogP contribution in [0.1, 0.15) is 47.5 Å². The minimum absolute atomic E-state index is 0.326. The van der Waals surface area contributed by atoms with Crippen LogP contribution in [-0.2, 0) is 4.74 Å². The third-order valence-corrected chi connectivity index (χ3v) is 3.91. The van der Waals surface area contributed by atoms with Crippen molar-refractivity contribution in [3.8, 4) is 0 Å². The topological polar surface area (TPSA) is 50.4 Å². The zero-order chi connectivity index (χ0) is 16.3. The van der Waals surface area contributed by atoms with Crippen molar-refractivity contribution in [1.82, 2.24) is 10.6 Å². The number of carbonyl (C=O) groups is 1. The maximum absolute atomic E-state index is 11.7. The fourth-order valence-corrected chi connectivity index (χ4v) is 2.35. The van der Waals surface area contributed by atoms with Crippen LogP contribution >= 0.6 is 11.8 Å². The minimum Gasteiger partial charge on any atom is -0.444 e. The van der Waals surface area contributed by atoms with Crippen molar-refractivity contribution in [2.75, 3.05) is 31.6 Å². The Morgan fingerprint density at radius 1 is 1.19 bits per heavy atom. The second-order valence-electron chi connectivity index (χ2n) is 6.79. The van der Waals surface area contributed by atoms with Crippen LogP contribution in [0.25, 0.3) is 0 Å². The Morgan fingerprint density at radius 3 is 2.38 bits per heavy atom. The lowest BCUT2D eigenvalue weighted by molar-refractivity contribution is 0.0515. The van der Waals surface area contributed by atoms with E-state index in [0.29, 0.717) is 18.4 Å². The fourth-order valence-electron chi connectivity index (χ4n) is 1.86. The quantitative estimate of drug-likeness (QED) is 0.605. The zero-order valence-electron chi connectivity index (χ0n) is 14.6. The van der Waals surface area contributed by atoms with Gasteiger partial charge in [0.25, 0.3) is 0 Å². The second kappa shape index (κ2) is 11.2. The average molecular weight is 319 g/mol. The summed E-state index contributed by atoms with van der Waals surface area (Å²) in [7, 11) is 0. The molecule has 0 fully saturated rings. The van der Waals surface area contributed by atoms with Gasteiger partial charge in [-0.05, 0) is 70.5 Å². The predicted molar refractivity (Wildman–Crippen MR) is 93.1 cm³/mol. The highest BCUT2D eigenvalue weighted by molar-refractivity contribution is 7.98. The summed E-state index contributed by atoms with van der Waals surface area (Å²) in [4.78, 5) is 11.7. The molecule has 21 heavy (non-hydrogen) atoms. The number of nitrogens with one attached hydrogen (secondary N) is 2. The maximum Gasteiger partial charge on any atom is 0.407 e. The molecule has 5 heteroatoms. The summed E-state index contributed by atoms with van der Waals surface area (Å²) in [5.74, 6) is 2.19. The number of carbonyl (C=O) groups excluding carboxylic acids is 1. The van der Waals surface area contributed by atoms with Crippen LogP contribution in [0.3, 0.4) is 0 Å². The van der Waals surface area contributed by atoms with E-state index in [1.54, 1.807) is 0 Å². The first-order valence-corrected chi connectivity index (χ1v) is 9.32. The highest BCUT2D eigenvalue weighted by Gasteiger charge is 2.18. The molecule has 0 heterocycles. The molecule has 0 aliphatic carbocycles. The number of alkyl carbamates (subject to hydrolysis) is 1. The third kappa shape index (κ3) is 13.0. The summed E-state index contributed by atoms with van der Waals surface area (Å²) in [5.41, 5.74) is -0.438. The van der Waals surface area contributed by atoms with Crippen molar-refractivity contribution in [1.29, 1.82) is 0 Å². The molecule has 0 bridgehead atoms. The molecule has 0 aromatic rings. The van der Waals surface area contributed by atoms with Crippen molar-refractivity contribution < 1.29 is 9.53 Å². The van der Waals surface area contributed by atoms with Gasteiger partial charge in [0.2, 0.25) is 0 Å². The Hall–Kier alpha value is -0.420. The summed E-state index contributed by atoms with van der Waals surface area (Å²) in [5, 5.41) is 6.37. The Labute approximate surface area is 135 Å². The summed E-state index contributed by atoms with van der Waals surface area (Å²) >= 11 is 1.90. The van der Waals surface area contributed by atoms with Gasteiger partial charge < -0.3 is 15.4 Å². The van der Waals surface area contributed by atoms with Gasteiger partial charge in [-0.2, -0.15) is 11.8 Å². The standard InChI is InChI=1S/C16H34N2O2S/c1-13(2)14(11-17-9-7-8-10-21-6)12-18-15(19)20-16(3,4)5/h13-14,17H,7-12H2,1-6H3,(H,18,19). The highest BCUT2D eigenvalue weighted by atomic mass is 32.2. The van der Waals surface area contributed by atoms with E-state index in [2.05, 4.69) is 30.7 Å². The summed E-state index contributed by atoms with van der Waals surface area (Å²) in [6, 6.07) is 0. The van der Waals surface area contributed by atoms with Crippen molar-refractivity contribution in [3.63, 3.8) is 0 Å². The smallest absolute Gasteiger partial charge is 0.407 e. The Bertz CT molecular complexity index is 278. The normalized spacial score (nSPS) is 13.3. The molecule has 126 valence electrons. The van der Waals surface area contributed by atoms with Crippen LogP contribution in [0.5, 0.6) is 0 Å². The maximum atomic E-state index is 11.7. The summed E-state index contributed by atoms with van der Waals surface area (Å²) in [6.07, 6.45) is 4.29. The molecule has 0 aromatic heterocycles. The van der Waals surface area contributed by atoms with Gasteiger partial charge in [0, 0.05) is 6.54 Å². The summed E-state index contributed by atoms with van der Waals surface area (Å²) < 4.78 is 5.27. The van der Waals surface area contributed by atoms with Gasteiger partial charge >= 0.3 is 6.09 Å². The molecule has 1 amide bonds. The number of rotatable bonds is 10. The van der Waals surface area contributed by atoms with E-state index in [1.807, 2.05) is 32.5 Å². The predicted octanol–water partition coefficient (Wildman–Crippen LogP) is 3.52. The molecule has 4 nitrogen and oxygen atoms in total. The number of thioether (sulfide) groups is 1. The Balaban J connectivity index is 3.89. The Morgan fingerprint density at radius 2 is 1.86 bits per heavy atom. The van der Waals surface area contributed by atoms with E-state index >= 15 is 0 Å². The Kier molecular flexibility index (Phi) is 11.0. The SMILES string of the molecule is CSCCCCNCC(CNC(=O)OC(C)(C)C)C(C)C. The molecular formula is C16H34N2O2S. The van der Waals surface area contributed by atoms with Gasteiger partial charge in [0.15, 0.2) is 0 Å². The van der Waals surface area contributed by atoms with E-state index in [9.17, 15) is 4.79 Å². The molecular weight excluding hydrogens is 284 g/mol. The fraction of sp³-hybridized carbons (Fsp3) is 0.938. The van der Waals surface area contributed by atoms with Gasteiger partial charge in [-0.15, -0.1) is 0 Å². The van der Waals surface area contributed by atoms with E-state index in [-0.39, 0.29) is 6.09 Å². The van der Waals surface area contributed by atoms with E-state index < -0.39 is 5.60 Å². The molecule has 0 radical (unpaired) electrons. The molecule has 0 rings (SSSR count). The minimum atomic E-state index is -0.438. The monoisotopic (exact) mass is 318 g/mol. The highest BCUT2D eigenvalue weighted by Crippen LogP contribution is 2.10.